The van der Waals surface area contributed by atoms with E-state index in [0.29, 0.717) is 25.6 Å². The number of nitrogens with zero attached hydrogens (tertiary/aromatic N) is 2. The highest BCUT2D eigenvalue weighted by Crippen LogP contribution is 1.99. The van der Waals surface area contributed by atoms with E-state index in [2.05, 4.69) is 36.3 Å². The maximum Gasteiger partial charge on any atom is 0.233 e. The zero-order valence-corrected chi connectivity index (χ0v) is 12.5. The third-order valence-electron chi connectivity index (χ3n) is 3.18. The fourth-order valence-corrected chi connectivity index (χ4v) is 1.85. The lowest BCUT2D eigenvalue weighted by Crippen LogP contribution is -2.38. The Morgan fingerprint density at radius 3 is 2.63 bits per heavy atom. The van der Waals surface area contributed by atoms with E-state index in [4.69, 9.17) is 5.26 Å². The molecule has 0 aromatic heterocycles. The highest BCUT2D eigenvalue weighted by Gasteiger charge is 2.06. The fourth-order valence-electron chi connectivity index (χ4n) is 1.85. The summed E-state index contributed by atoms with van der Waals surface area (Å²) in [6.07, 6.45) is 2.58. The van der Waals surface area contributed by atoms with Crippen LogP contribution in [0.5, 0.6) is 0 Å². The largest absolute Gasteiger partial charge is 0.354 e. The molecule has 0 aromatic carbocycles. The normalized spacial score (nSPS) is 12.2. The molecule has 0 heterocycles. The molecule has 0 spiro atoms. The summed E-state index contributed by atoms with van der Waals surface area (Å²) in [5.41, 5.74) is 0. The van der Waals surface area contributed by atoms with Crippen LogP contribution in [0.1, 0.15) is 40.0 Å². The Labute approximate surface area is 117 Å². The van der Waals surface area contributed by atoms with Crippen LogP contribution < -0.4 is 10.6 Å². The van der Waals surface area contributed by atoms with Gasteiger partial charge in [0.2, 0.25) is 5.91 Å². The molecule has 0 aliphatic carbocycles. The van der Waals surface area contributed by atoms with E-state index >= 15 is 0 Å². The molecule has 19 heavy (non-hydrogen) atoms. The zero-order chi connectivity index (χ0) is 14.5. The molecular weight excluding hydrogens is 240 g/mol. The number of carbonyl (C=O) groups is 1. The zero-order valence-electron chi connectivity index (χ0n) is 12.5. The lowest BCUT2D eigenvalue weighted by molar-refractivity contribution is -0.120. The van der Waals surface area contributed by atoms with Gasteiger partial charge in [-0.2, -0.15) is 5.26 Å². The van der Waals surface area contributed by atoms with Gasteiger partial charge in [0.1, 0.15) is 0 Å². The standard InChI is InChI=1S/C14H28N4O/c1-4-18(5-2)11-6-8-13(3)17-12-14(19)16-10-7-9-15/h13,17H,4-8,10-12H2,1-3H3,(H,16,19). The minimum Gasteiger partial charge on any atom is -0.354 e. The molecule has 0 bridgehead atoms. The average Bonchev–Trinajstić information content (AvgIpc) is 2.41. The molecule has 1 atom stereocenters. The van der Waals surface area contributed by atoms with E-state index in [1.54, 1.807) is 0 Å². The Morgan fingerprint density at radius 1 is 1.37 bits per heavy atom. The number of nitrogens with one attached hydrogen (secondary N) is 2. The summed E-state index contributed by atoms with van der Waals surface area (Å²) in [5, 5.41) is 14.3. The van der Waals surface area contributed by atoms with Gasteiger partial charge in [-0.15, -0.1) is 0 Å². The number of hydrogen-bond acceptors (Lipinski definition) is 4. The molecule has 0 saturated heterocycles. The summed E-state index contributed by atoms with van der Waals surface area (Å²) in [7, 11) is 0. The Kier molecular flexibility index (Phi) is 11.2. The highest BCUT2D eigenvalue weighted by atomic mass is 16.1. The molecule has 1 unspecified atom stereocenters. The van der Waals surface area contributed by atoms with Gasteiger partial charge in [-0.05, 0) is 39.4 Å². The smallest absolute Gasteiger partial charge is 0.233 e. The Bertz CT molecular complexity index is 271. The van der Waals surface area contributed by atoms with Crippen LogP contribution >= 0.6 is 0 Å². The van der Waals surface area contributed by atoms with E-state index in [-0.39, 0.29) is 5.91 Å². The van der Waals surface area contributed by atoms with Crippen molar-refractivity contribution in [2.45, 2.75) is 46.1 Å². The first kappa shape index (κ1) is 17.9. The van der Waals surface area contributed by atoms with Gasteiger partial charge in [0.15, 0.2) is 0 Å². The third-order valence-corrected chi connectivity index (χ3v) is 3.18. The Balaban J connectivity index is 3.56. The molecule has 0 radical (unpaired) electrons. The molecule has 2 N–H and O–H groups in total. The topological polar surface area (TPSA) is 68.2 Å². The van der Waals surface area contributed by atoms with Crippen LogP contribution in [0, 0.1) is 11.3 Å². The van der Waals surface area contributed by atoms with Gasteiger partial charge in [-0.3, -0.25) is 4.79 Å². The van der Waals surface area contributed by atoms with Crippen molar-refractivity contribution >= 4 is 5.91 Å². The van der Waals surface area contributed by atoms with Crippen molar-refractivity contribution in [3.63, 3.8) is 0 Å². The molecule has 1 amide bonds. The van der Waals surface area contributed by atoms with Crippen LogP contribution in [0.25, 0.3) is 0 Å². The Hall–Kier alpha value is -1.12. The molecule has 0 saturated carbocycles. The number of hydrogen-bond donors (Lipinski definition) is 2. The minimum atomic E-state index is -0.0363. The maximum atomic E-state index is 11.4. The lowest BCUT2D eigenvalue weighted by Gasteiger charge is -2.19. The van der Waals surface area contributed by atoms with Crippen LogP contribution in [0.3, 0.4) is 0 Å². The summed E-state index contributed by atoms with van der Waals surface area (Å²) in [6, 6.07) is 2.34. The van der Waals surface area contributed by atoms with Crippen molar-refractivity contribution in [3.05, 3.63) is 0 Å². The van der Waals surface area contributed by atoms with Gasteiger partial charge in [0.25, 0.3) is 0 Å². The van der Waals surface area contributed by atoms with Crippen molar-refractivity contribution in [3.8, 4) is 6.07 Å². The van der Waals surface area contributed by atoms with Crippen molar-refractivity contribution in [2.75, 3.05) is 32.7 Å². The van der Waals surface area contributed by atoms with Gasteiger partial charge in [0.05, 0.1) is 19.0 Å². The molecule has 110 valence electrons. The third kappa shape index (κ3) is 10.5. The summed E-state index contributed by atoms with van der Waals surface area (Å²) in [5.74, 6) is -0.0363. The van der Waals surface area contributed by atoms with Gasteiger partial charge in [-0.25, -0.2) is 0 Å². The molecule has 0 aliphatic rings. The summed E-state index contributed by atoms with van der Waals surface area (Å²) in [6.45, 7) is 10.5. The first-order valence-corrected chi connectivity index (χ1v) is 7.23. The van der Waals surface area contributed by atoms with Gasteiger partial charge < -0.3 is 15.5 Å². The van der Waals surface area contributed by atoms with E-state index < -0.39 is 0 Å². The van der Waals surface area contributed by atoms with E-state index in [1.165, 1.54) is 0 Å². The van der Waals surface area contributed by atoms with Crippen LogP contribution in [0.2, 0.25) is 0 Å². The van der Waals surface area contributed by atoms with Crippen molar-refractivity contribution < 1.29 is 4.79 Å². The second kappa shape index (κ2) is 11.9. The second-order valence-corrected chi connectivity index (χ2v) is 4.71. The van der Waals surface area contributed by atoms with Crippen LogP contribution in [0.4, 0.5) is 0 Å². The molecule has 5 nitrogen and oxygen atoms in total. The molecule has 0 aliphatic heterocycles. The van der Waals surface area contributed by atoms with Gasteiger partial charge in [0, 0.05) is 12.6 Å². The predicted octanol–water partition coefficient (Wildman–Crippen LogP) is 1.12. The summed E-state index contributed by atoms with van der Waals surface area (Å²) in [4.78, 5) is 13.8. The predicted molar refractivity (Wildman–Crippen MR) is 77.7 cm³/mol. The van der Waals surface area contributed by atoms with Crippen molar-refractivity contribution in [2.24, 2.45) is 0 Å². The van der Waals surface area contributed by atoms with Crippen LogP contribution in [0.15, 0.2) is 0 Å². The van der Waals surface area contributed by atoms with Crippen molar-refractivity contribution in [1.29, 1.82) is 5.26 Å². The Morgan fingerprint density at radius 2 is 2.05 bits per heavy atom. The van der Waals surface area contributed by atoms with E-state index in [9.17, 15) is 4.79 Å². The minimum absolute atomic E-state index is 0.0363. The lowest BCUT2D eigenvalue weighted by atomic mass is 10.1. The number of amides is 1. The van der Waals surface area contributed by atoms with E-state index in [1.807, 2.05) is 6.07 Å². The van der Waals surface area contributed by atoms with Gasteiger partial charge >= 0.3 is 0 Å². The first-order valence-electron chi connectivity index (χ1n) is 7.23. The fraction of sp³-hybridized carbons (Fsp3) is 0.857. The van der Waals surface area contributed by atoms with Crippen LogP contribution in [-0.4, -0.2) is 49.6 Å². The van der Waals surface area contributed by atoms with Gasteiger partial charge in [-0.1, -0.05) is 13.8 Å². The molecular formula is C14H28N4O. The maximum absolute atomic E-state index is 11.4. The quantitative estimate of drug-likeness (QED) is 0.551. The monoisotopic (exact) mass is 268 g/mol. The number of nitriles is 1. The highest BCUT2D eigenvalue weighted by molar-refractivity contribution is 5.77. The molecule has 0 fully saturated rings. The van der Waals surface area contributed by atoms with Crippen LogP contribution in [-0.2, 0) is 4.79 Å². The molecule has 5 heteroatoms. The SMILES string of the molecule is CCN(CC)CCCC(C)NCC(=O)NCCC#N. The summed E-state index contributed by atoms with van der Waals surface area (Å²) >= 11 is 0. The first-order chi connectivity index (χ1) is 9.13. The summed E-state index contributed by atoms with van der Waals surface area (Å²) < 4.78 is 0. The number of carbonyl (C=O) groups excluding carboxylic acids is 1. The molecule has 0 aromatic rings. The molecule has 0 rings (SSSR count). The second-order valence-electron chi connectivity index (χ2n) is 4.71. The van der Waals surface area contributed by atoms with Crippen molar-refractivity contribution in [1.82, 2.24) is 15.5 Å². The van der Waals surface area contributed by atoms with E-state index in [0.717, 1.165) is 32.5 Å². The number of rotatable bonds is 11. The average molecular weight is 268 g/mol.